The van der Waals surface area contributed by atoms with Crippen LogP contribution in [0.25, 0.3) is 5.69 Å². The van der Waals surface area contributed by atoms with Crippen molar-refractivity contribution in [1.82, 2.24) is 20.1 Å². The highest BCUT2D eigenvalue weighted by molar-refractivity contribution is 6.30. The second-order valence-corrected chi connectivity index (χ2v) is 8.35. The fraction of sp³-hybridized carbons (Fsp3) is 0.348. The van der Waals surface area contributed by atoms with Crippen molar-refractivity contribution in [1.29, 1.82) is 5.26 Å². The molecule has 0 unspecified atom stereocenters. The molecule has 3 aromatic rings. The van der Waals surface area contributed by atoms with Crippen LogP contribution in [0.15, 0.2) is 42.5 Å². The van der Waals surface area contributed by atoms with Gasteiger partial charge in [-0.05, 0) is 67.6 Å². The van der Waals surface area contributed by atoms with Crippen LogP contribution >= 0.6 is 24.0 Å². The van der Waals surface area contributed by atoms with E-state index in [1.807, 2.05) is 24.3 Å². The van der Waals surface area contributed by atoms with Gasteiger partial charge in [0.25, 0.3) is 0 Å². The number of aromatic nitrogens is 3. The SMILES string of the molecule is Cl.N#Cc1cccc(OC2CCC(c3nnc4n3-c3ccc(Cl)cc3CNC4)CC2)c1. The number of hydrogen-bond acceptors (Lipinski definition) is 5. The maximum Gasteiger partial charge on any atom is 0.151 e. The summed E-state index contributed by atoms with van der Waals surface area (Å²) < 4.78 is 8.36. The standard InChI is InChI=1S/C23H22ClN5O.ClH/c24-18-6-9-21-17(11-18)13-26-14-22-27-28-23(29(21)22)16-4-7-19(8-5-16)30-20-3-1-2-15(10-20)12-25;/h1-3,6,9-11,16,19,26H,4-5,7-8,13-14H2;1H. The van der Waals surface area contributed by atoms with E-state index in [-0.39, 0.29) is 18.5 Å². The lowest BCUT2D eigenvalue weighted by Crippen LogP contribution is -2.25. The quantitative estimate of drug-likeness (QED) is 0.606. The predicted molar refractivity (Wildman–Crippen MR) is 121 cm³/mol. The summed E-state index contributed by atoms with van der Waals surface area (Å²) in [6.07, 6.45) is 4.06. The first-order valence-electron chi connectivity index (χ1n) is 10.3. The van der Waals surface area contributed by atoms with Crippen LogP contribution in [0.2, 0.25) is 5.02 Å². The van der Waals surface area contributed by atoms with Crippen LogP contribution in [-0.4, -0.2) is 20.9 Å². The summed E-state index contributed by atoms with van der Waals surface area (Å²) in [5.41, 5.74) is 2.91. The molecule has 0 saturated heterocycles. The van der Waals surface area contributed by atoms with Crippen molar-refractivity contribution in [3.05, 3.63) is 70.3 Å². The molecule has 0 bridgehead atoms. The van der Waals surface area contributed by atoms with E-state index in [0.29, 0.717) is 18.0 Å². The number of ether oxygens (including phenoxy) is 1. The van der Waals surface area contributed by atoms with Gasteiger partial charge in [-0.15, -0.1) is 22.6 Å². The van der Waals surface area contributed by atoms with Gasteiger partial charge in [0.1, 0.15) is 11.6 Å². The first kappa shape index (κ1) is 21.6. The minimum absolute atomic E-state index is 0. The van der Waals surface area contributed by atoms with Crippen molar-refractivity contribution >= 4 is 24.0 Å². The van der Waals surface area contributed by atoms with Crippen LogP contribution < -0.4 is 10.1 Å². The lowest BCUT2D eigenvalue weighted by molar-refractivity contribution is 0.144. The van der Waals surface area contributed by atoms with Crippen LogP contribution in [0.4, 0.5) is 0 Å². The summed E-state index contributed by atoms with van der Waals surface area (Å²) in [6.45, 7) is 1.45. The molecule has 2 aromatic carbocycles. The third kappa shape index (κ3) is 4.40. The third-order valence-electron chi connectivity index (χ3n) is 5.94. The Morgan fingerprint density at radius 2 is 1.90 bits per heavy atom. The van der Waals surface area contributed by atoms with Gasteiger partial charge in [-0.3, -0.25) is 4.57 Å². The van der Waals surface area contributed by atoms with E-state index in [1.54, 1.807) is 12.1 Å². The van der Waals surface area contributed by atoms with Crippen molar-refractivity contribution in [3.63, 3.8) is 0 Å². The molecule has 0 atom stereocenters. The summed E-state index contributed by atoms with van der Waals surface area (Å²) in [5.74, 6) is 3.09. The molecule has 0 amide bonds. The van der Waals surface area contributed by atoms with Gasteiger partial charge < -0.3 is 10.1 Å². The highest BCUT2D eigenvalue weighted by Crippen LogP contribution is 2.36. The Balaban J connectivity index is 0.00000231. The molecule has 31 heavy (non-hydrogen) atoms. The topological polar surface area (TPSA) is 75.8 Å². The average Bonchev–Trinajstić information content (AvgIpc) is 3.10. The normalized spacial score (nSPS) is 19.9. The number of hydrogen-bond donors (Lipinski definition) is 1. The van der Waals surface area contributed by atoms with E-state index in [0.717, 1.165) is 65.9 Å². The minimum atomic E-state index is 0. The maximum atomic E-state index is 9.08. The lowest BCUT2D eigenvalue weighted by atomic mass is 9.86. The molecule has 6 nitrogen and oxygen atoms in total. The van der Waals surface area contributed by atoms with Crippen molar-refractivity contribution in [2.75, 3.05) is 0 Å². The van der Waals surface area contributed by atoms with E-state index in [9.17, 15) is 0 Å². The number of benzene rings is 2. The van der Waals surface area contributed by atoms with Gasteiger partial charge in [-0.25, -0.2) is 0 Å². The molecule has 5 rings (SSSR count). The molecule has 2 aliphatic rings. The highest BCUT2D eigenvalue weighted by atomic mass is 35.5. The van der Waals surface area contributed by atoms with Crippen LogP contribution in [0.1, 0.15) is 54.4 Å². The molecule has 1 aliphatic heterocycles. The molecule has 1 N–H and O–H groups in total. The summed E-state index contributed by atoms with van der Waals surface area (Å²) in [4.78, 5) is 0. The van der Waals surface area contributed by atoms with Crippen molar-refractivity contribution in [2.24, 2.45) is 0 Å². The molecule has 0 radical (unpaired) electrons. The number of halogens is 2. The van der Waals surface area contributed by atoms with Crippen LogP contribution in [0.5, 0.6) is 5.75 Å². The van der Waals surface area contributed by atoms with Gasteiger partial charge in [0.15, 0.2) is 5.82 Å². The lowest BCUT2D eigenvalue weighted by Gasteiger charge is -2.29. The molecule has 2 heterocycles. The van der Waals surface area contributed by atoms with Gasteiger partial charge in [0.2, 0.25) is 0 Å². The molecule has 160 valence electrons. The van der Waals surface area contributed by atoms with E-state index >= 15 is 0 Å². The van der Waals surface area contributed by atoms with E-state index < -0.39 is 0 Å². The summed E-state index contributed by atoms with van der Waals surface area (Å²) in [6, 6.07) is 15.6. The smallest absolute Gasteiger partial charge is 0.151 e. The van der Waals surface area contributed by atoms with E-state index in [1.165, 1.54) is 0 Å². The Hall–Kier alpha value is -2.59. The molecule has 1 aliphatic carbocycles. The summed E-state index contributed by atoms with van der Waals surface area (Å²) >= 11 is 6.22. The Labute approximate surface area is 192 Å². The molecule has 1 saturated carbocycles. The van der Waals surface area contributed by atoms with Crippen molar-refractivity contribution in [3.8, 4) is 17.5 Å². The van der Waals surface area contributed by atoms with Gasteiger partial charge in [0.05, 0.1) is 30.0 Å². The number of fused-ring (bicyclic) bond motifs is 3. The van der Waals surface area contributed by atoms with Gasteiger partial charge in [-0.1, -0.05) is 17.7 Å². The fourth-order valence-electron chi connectivity index (χ4n) is 4.46. The first-order valence-corrected chi connectivity index (χ1v) is 10.7. The maximum absolute atomic E-state index is 9.08. The van der Waals surface area contributed by atoms with Gasteiger partial charge >= 0.3 is 0 Å². The molecule has 8 heteroatoms. The second-order valence-electron chi connectivity index (χ2n) is 7.92. The highest BCUT2D eigenvalue weighted by Gasteiger charge is 2.30. The van der Waals surface area contributed by atoms with Crippen LogP contribution in [-0.2, 0) is 13.1 Å². The Bertz CT molecular complexity index is 1120. The van der Waals surface area contributed by atoms with E-state index in [2.05, 4.69) is 32.2 Å². The summed E-state index contributed by atoms with van der Waals surface area (Å²) in [5, 5.41) is 22.3. The van der Waals surface area contributed by atoms with Gasteiger partial charge in [-0.2, -0.15) is 5.26 Å². The largest absolute Gasteiger partial charge is 0.490 e. The zero-order valence-corrected chi connectivity index (χ0v) is 18.5. The number of nitrogens with zero attached hydrogens (tertiary/aromatic N) is 4. The van der Waals surface area contributed by atoms with Crippen molar-refractivity contribution < 1.29 is 4.74 Å². The number of nitrogens with one attached hydrogen (secondary N) is 1. The average molecular weight is 456 g/mol. The molecular formula is C23H23Cl2N5O. The van der Waals surface area contributed by atoms with Crippen LogP contribution in [0, 0.1) is 11.3 Å². The fourth-order valence-corrected chi connectivity index (χ4v) is 4.66. The third-order valence-corrected chi connectivity index (χ3v) is 6.18. The second kappa shape index (κ2) is 9.27. The number of rotatable bonds is 3. The zero-order chi connectivity index (χ0) is 20.5. The van der Waals surface area contributed by atoms with Crippen LogP contribution in [0.3, 0.4) is 0 Å². The van der Waals surface area contributed by atoms with E-state index in [4.69, 9.17) is 21.6 Å². The minimum Gasteiger partial charge on any atom is -0.490 e. The monoisotopic (exact) mass is 455 g/mol. The molecule has 1 aromatic heterocycles. The first-order chi connectivity index (χ1) is 14.7. The predicted octanol–water partition coefficient (Wildman–Crippen LogP) is 4.92. The molecule has 0 spiro atoms. The zero-order valence-electron chi connectivity index (χ0n) is 16.9. The summed E-state index contributed by atoms with van der Waals surface area (Å²) in [7, 11) is 0. The Morgan fingerprint density at radius 1 is 1.06 bits per heavy atom. The molecule has 1 fully saturated rings. The Kier molecular flexibility index (Phi) is 6.47. The number of nitriles is 1. The molecular weight excluding hydrogens is 433 g/mol. The van der Waals surface area contributed by atoms with Gasteiger partial charge in [0, 0.05) is 17.5 Å². The Morgan fingerprint density at radius 3 is 2.71 bits per heavy atom. The van der Waals surface area contributed by atoms with Crippen molar-refractivity contribution in [2.45, 2.75) is 50.8 Å².